The predicted molar refractivity (Wildman–Crippen MR) is 48.7 cm³/mol. The van der Waals surface area contributed by atoms with Crippen LogP contribution in [0.1, 0.15) is 5.56 Å². The number of nitrogens with one attached hydrogen (secondary N) is 1. The molecule has 0 unspecified atom stereocenters. The first-order valence-electron chi connectivity index (χ1n) is 3.87. The van der Waals surface area contributed by atoms with Crippen LogP contribution in [0.3, 0.4) is 0 Å². The maximum atomic E-state index is 12.7. The number of hydrogen-bond donors (Lipinski definition) is 1. The minimum absolute atomic E-state index is 0.586. The van der Waals surface area contributed by atoms with Crippen LogP contribution in [0.25, 0.3) is 0 Å². The zero-order valence-corrected chi connectivity index (χ0v) is 7.34. The van der Waals surface area contributed by atoms with Gasteiger partial charge in [0.15, 0.2) is 0 Å². The fourth-order valence-electron chi connectivity index (χ4n) is 1.06. The molecule has 1 N–H and O–H groups in total. The van der Waals surface area contributed by atoms with Crippen molar-refractivity contribution in [2.75, 3.05) is 19.2 Å². The number of rotatable bonds is 3. The van der Waals surface area contributed by atoms with Crippen LogP contribution >= 0.6 is 0 Å². The van der Waals surface area contributed by atoms with E-state index in [1.807, 2.05) is 25.2 Å². The van der Waals surface area contributed by atoms with Crippen molar-refractivity contribution >= 4 is 5.69 Å². The summed E-state index contributed by atoms with van der Waals surface area (Å²) >= 11 is 0. The maximum Gasteiger partial charge on any atom is 0.0687 e. The van der Waals surface area contributed by atoms with Gasteiger partial charge in [0.2, 0.25) is 0 Å². The highest BCUT2D eigenvalue weighted by Gasteiger charge is 1.98. The van der Waals surface area contributed by atoms with Crippen molar-refractivity contribution in [3.05, 3.63) is 29.8 Å². The maximum absolute atomic E-state index is 12.7. The largest absolute Gasteiger partial charge is 0.316 e. The SMILES string of the molecule is CNCc1cccc(N(C)F)c1. The van der Waals surface area contributed by atoms with Gasteiger partial charge in [-0.15, -0.1) is 4.48 Å². The molecule has 0 bridgehead atoms. The molecule has 1 aromatic carbocycles. The minimum atomic E-state index is 0.586. The molecule has 2 nitrogen and oxygen atoms in total. The molecule has 0 heterocycles. The van der Waals surface area contributed by atoms with Gasteiger partial charge in [0.1, 0.15) is 0 Å². The summed E-state index contributed by atoms with van der Waals surface area (Å²) in [4.78, 5) is 0. The fourth-order valence-corrected chi connectivity index (χ4v) is 1.06. The number of nitrogens with zero attached hydrogens (tertiary/aromatic N) is 1. The molecule has 3 heteroatoms. The molecule has 0 saturated heterocycles. The van der Waals surface area contributed by atoms with E-state index in [0.29, 0.717) is 10.8 Å². The van der Waals surface area contributed by atoms with Gasteiger partial charge in [-0.3, -0.25) is 0 Å². The van der Waals surface area contributed by atoms with Crippen molar-refractivity contribution in [3.8, 4) is 0 Å². The van der Waals surface area contributed by atoms with Crippen molar-refractivity contribution in [3.63, 3.8) is 0 Å². The molecular weight excluding hydrogens is 155 g/mol. The summed E-state index contributed by atoms with van der Waals surface area (Å²) in [6, 6.07) is 7.36. The Hall–Kier alpha value is -1.09. The summed E-state index contributed by atoms with van der Waals surface area (Å²) in [7, 11) is 3.25. The lowest BCUT2D eigenvalue weighted by molar-refractivity contribution is 0.475. The molecular formula is C9H13FN2. The molecule has 66 valence electrons. The number of halogens is 1. The van der Waals surface area contributed by atoms with E-state index in [-0.39, 0.29) is 0 Å². The van der Waals surface area contributed by atoms with Gasteiger partial charge in [0.05, 0.1) is 5.69 Å². The van der Waals surface area contributed by atoms with Gasteiger partial charge in [-0.25, -0.2) is 5.12 Å². The van der Waals surface area contributed by atoms with Crippen LogP contribution in [0.5, 0.6) is 0 Å². The molecule has 1 rings (SSSR count). The highest BCUT2D eigenvalue weighted by Crippen LogP contribution is 2.14. The van der Waals surface area contributed by atoms with E-state index in [4.69, 9.17) is 0 Å². The van der Waals surface area contributed by atoms with Crippen LogP contribution in [0.2, 0.25) is 0 Å². The molecule has 12 heavy (non-hydrogen) atoms. The van der Waals surface area contributed by atoms with Gasteiger partial charge in [0.25, 0.3) is 0 Å². The third kappa shape index (κ3) is 2.20. The third-order valence-corrected chi connectivity index (χ3v) is 1.65. The van der Waals surface area contributed by atoms with Crippen LogP contribution in [0.15, 0.2) is 24.3 Å². The van der Waals surface area contributed by atoms with Crippen molar-refractivity contribution in [2.45, 2.75) is 6.54 Å². The molecule has 0 aliphatic heterocycles. The summed E-state index contributed by atoms with van der Waals surface area (Å²) < 4.78 is 12.7. The molecule has 0 atom stereocenters. The number of benzene rings is 1. The van der Waals surface area contributed by atoms with Gasteiger partial charge in [-0.05, 0) is 24.7 Å². The Kier molecular flexibility index (Phi) is 3.05. The van der Waals surface area contributed by atoms with Gasteiger partial charge in [0, 0.05) is 13.6 Å². The minimum Gasteiger partial charge on any atom is -0.316 e. The summed E-state index contributed by atoms with van der Waals surface area (Å²) in [5, 5.41) is 3.62. The van der Waals surface area contributed by atoms with Crippen molar-refractivity contribution in [1.29, 1.82) is 0 Å². The summed E-state index contributed by atoms with van der Waals surface area (Å²) in [6.45, 7) is 0.766. The Labute approximate surface area is 71.9 Å². The van der Waals surface area contributed by atoms with Gasteiger partial charge >= 0.3 is 0 Å². The lowest BCUT2D eigenvalue weighted by Gasteiger charge is -2.08. The molecule has 0 aliphatic carbocycles. The average molecular weight is 168 g/mol. The zero-order valence-electron chi connectivity index (χ0n) is 7.34. The van der Waals surface area contributed by atoms with Gasteiger partial charge < -0.3 is 5.32 Å². The monoisotopic (exact) mass is 168 g/mol. The molecule has 0 spiro atoms. The predicted octanol–water partition coefficient (Wildman–Crippen LogP) is 1.73. The van der Waals surface area contributed by atoms with Crippen LogP contribution in [-0.4, -0.2) is 14.1 Å². The van der Waals surface area contributed by atoms with E-state index in [9.17, 15) is 4.48 Å². The topological polar surface area (TPSA) is 15.3 Å². The Morgan fingerprint density at radius 2 is 2.25 bits per heavy atom. The Balaban J connectivity index is 2.81. The van der Waals surface area contributed by atoms with Crippen LogP contribution < -0.4 is 10.4 Å². The van der Waals surface area contributed by atoms with E-state index < -0.39 is 0 Å². The molecule has 0 radical (unpaired) electrons. The van der Waals surface area contributed by atoms with E-state index in [1.54, 1.807) is 6.07 Å². The summed E-state index contributed by atoms with van der Waals surface area (Å²) in [6.07, 6.45) is 0. The standard InChI is InChI=1S/C9H13FN2/c1-11-7-8-4-3-5-9(6-8)12(2)10/h3-6,11H,7H2,1-2H3. The lowest BCUT2D eigenvalue weighted by Crippen LogP contribution is -2.07. The first kappa shape index (κ1) is 9.00. The van der Waals surface area contributed by atoms with E-state index in [1.165, 1.54) is 7.05 Å². The van der Waals surface area contributed by atoms with Crippen molar-refractivity contribution in [1.82, 2.24) is 5.32 Å². The molecule has 0 amide bonds. The first-order valence-corrected chi connectivity index (χ1v) is 3.87. The smallest absolute Gasteiger partial charge is 0.0687 e. The van der Waals surface area contributed by atoms with Crippen LogP contribution in [-0.2, 0) is 6.54 Å². The highest BCUT2D eigenvalue weighted by molar-refractivity contribution is 5.45. The molecule has 0 aromatic heterocycles. The number of anilines is 1. The first-order chi connectivity index (χ1) is 5.74. The van der Waals surface area contributed by atoms with Crippen molar-refractivity contribution in [2.24, 2.45) is 0 Å². The zero-order chi connectivity index (χ0) is 8.97. The Morgan fingerprint density at radius 1 is 1.50 bits per heavy atom. The van der Waals surface area contributed by atoms with E-state index in [2.05, 4.69) is 5.32 Å². The van der Waals surface area contributed by atoms with Crippen molar-refractivity contribution < 1.29 is 4.48 Å². The molecule has 0 saturated carbocycles. The summed E-state index contributed by atoms with van der Waals surface area (Å²) in [5.74, 6) is 0. The number of hydrogen-bond acceptors (Lipinski definition) is 2. The normalized spacial score (nSPS) is 9.92. The quantitative estimate of drug-likeness (QED) is 0.691. The summed E-state index contributed by atoms with van der Waals surface area (Å²) in [5.41, 5.74) is 1.67. The molecule has 1 aromatic rings. The molecule has 0 aliphatic rings. The second-order valence-electron chi connectivity index (χ2n) is 2.68. The van der Waals surface area contributed by atoms with Gasteiger partial charge in [-0.1, -0.05) is 12.1 Å². The fraction of sp³-hybridized carbons (Fsp3) is 0.333. The highest BCUT2D eigenvalue weighted by atomic mass is 19.2. The average Bonchev–Trinajstić information content (AvgIpc) is 2.05. The van der Waals surface area contributed by atoms with Gasteiger partial charge in [-0.2, -0.15) is 0 Å². The third-order valence-electron chi connectivity index (χ3n) is 1.65. The Morgan fingerprint density at radius 3 is 2.83 bits per heavy atom. The lowest BCUT2D eigenvalue weighted by atomic mass is 10.2. The second-order valence-corrected chi connectivity index (χ2v) is 2.68. The second kappa shape index (κ2) is 4.07. The van der Waals surface area contributed by atoms with Crippen LogP contribution in [0.4, 0.5) is 10.2 Å². The Bertz CT molecular complexity index is 248. The molecule has 0 fully saturated rings. The van der Waals surface area contributed by atoms with Crippen LogP contribution in [0, 0.1) is 0 Å². The van der Waals surface area contributed by atoms with E-state index in [0.717, 1.165) is 12.1 Å². The van der Waals surface area contributed by atoms with E-state index >= 15 is 0 Å².